The van der Waals surface area contributed by atoms with Crippen molar-refractivity contribution in [3.8, 4) is 5.88 Å². The van der Waals surface area contributed by atoms with Crippen LogP contribution < -0.4 is 20.5 Å². The summed E-state index contributed by atoms with van der Waals surface area (Å²) in [4.78, 5) is 19.9. The second-order valence-electron chi connectivity index (χ2n) is 9.38. The first-order valence-corrected chi connectivity index (χ1v) is 13.2. The van der Waals surface area contributed by atoms with Crippen molar-refractivity contribution in [2.45, 2.75) is 64.5 Å². The highest BCUT2D eigenvalue weighted by Crippen LogP contribution is 2.28. The molecule has 8 nitrogen and oxygen atoms in total. The molecule has 0 spiro atoms. The van der Waals surface area contributed by atoms with Crippen LogP contribution in [0.15, 0.2) is 27.5 Å². The number of aromatic nitrogens is 2. The minimum atomic E-state index is -0.714. The lowest BCUT2D eigenvalue weighted by Gasteiger charge is -2.25. The Bertz CT molecular complexity index is 1090. The van der Waals surface area contributed by atoms with E-state index in [1.807, 2.05) is 13.8 Å². The maximum absolute atomic E-state index is 14.1. The Hall–Kier alpha value is -2.08. The molecule has 1 aromatic heterocycles. The third-order valence-corrected chi connectivity index (χ3v) is 7.03. The summed E-state index contributed by atoms with van der Waals surface area (Å²) >= 11 is 3.30. The summed E-state index contributed by atoms with van der Waals surface area (Å²) in [5, 5.41) is 3.52. The van der Waals surface area contributed by atoms with Gasteiger partial charge in [0.2, 0.25) is 11.8 Å². The third kappa shape index (κ3) is 6.62. The van der Waals surface area contributed by atoms with Crippen LogP contribution in [0.2, 0.25) is 0 Å². The second-order valence-corrected chi connectivity index (χ2v) is 10.2. The van der Waals surface area contributed by atoms with Crippen LogP contribution in [0.1, 0.15) is 51.1 Å². The lowest BCUT2D eigenvalue weighted by Crippen LogP contribution is -2.38. The van der Waals surface area contributed by atoms with Crippen molar-refractivity contribution in [1.82, 2.24) is 14.9 Å². The van der Waals surface area contributed by atoms with Crippen molar-refractivity contribution >= 4 is 21.9 Å². The third-order valence-electron chi connectivity index (χ3n) is 6.36. The smallest absolute Gasteiger partial charge is 0.273 e. The number of halogens is 3. The topological polar surface area (TPSA) is 77.8 Å². The van der Waals surface area contributed by atoms with Crippen LogP contribution in [0.4, 0.5) is 14.7 Å². The van der Waals surface area contributed by atoms with Crippen LogP contribution in [-0.4, -0.2) is 54.7 Å². The molecule has 4 rings (SSSR count). The van der Waals surface area contributed by atoms with Crippen molar-refractivity contribution in [2.75, 3.05) is 37.7 Å². The zero-order valence-corrected chi connectivity index (χ0v) is 22.2. The summed E-state index contributed by atoms with van der Waals surface area (Å²) in [6, 6.07) is 3.37. The highest BCUT2D eigenvalue weighted by molar-refractivity contribution is 9.10. The van der Waals surface area contributed by atoms with E-state index in [9.17, 15) is 13.6 Å². The molecule has 1 unspecified atom stereocenters. The maximum atomic E-state index is 14.1. The molecule has 0 bridgehead atoms. The fourth-order valence-electron chi connectivity index (χ4n) is 4.46. The molecule has 2 saturated heterocycles. The van der Waals surface area contributed by atoms with E-state index in [2.05, 4.69) is 31.1 Å². The number of hydrogen-bond donors (Lipinski definition) is 1. The zero-order chi connectivity index (χ0) is 25.7. The second kappa shape index (κ2) is 12.4. The van der Waals surface area contributed by atoms with Gasteiger partial charge in [0.15, 0.2) is 6.29 Å². The lowest BCUT2D eigenvalue weighted by molar-refractivity contribution is -0.161. The SMILES string of the molecule is CC(C)n1c(N2CC[C@@H](NCCOC3CCCCO3)C2)nc(OCc2ccc(F)cc2F)c(Br)c1=O. The lowest BCUT2D eigenvalue weighted by atomic mass is 10.2. The van der Waals surface area contributed by atoms with Crippen molar-refractivity contribution in [3.63, 3.8) is 0 Å². The van der Waals surface area contributed by atoms with Gasteiger partial charge in [0.05, 0.1) is 6.61 Å². The Morgan fingerprint density at radius 2 is 2.11 bits per heavy atom. The van der Waals surface area contributed by atoms with Crippen LogP contribution in [0.3, 0.4) is 0 Å². The normalized spacial score (nSPS) is 20.3. The first kappa shape index (κ1) is 27.0. The van der Waals surface area contributed by atoms with Gasteiger partial charge in [-0.25, -0.2) is 8.78 Å². The molecule has 1 aromatic carbocycles. The average molecular weight is 571 g/mol. The zero-order valence-electron chi connectivity index (χ0n) is 20.6. The van der Waals surface area contributed by atoms with Crippen molar-refractivity contribution < 1.29 is 23.0 Å². The van der Waals surface area contributed by atoms with Crippen LogP contribution in [-0.2, 0) is 16.1 Å². The monoisotopic (exact) mass is 570 g/mol. The predicted octanol–water partition coefficient (Wildman–Crippen LogP) is 4.16. The molecular weight excluding hydrogens is 538 g/mol. The number of nitrogens with zero attached hydrogens (tertiary/aromatic N) is 3. The Morgan fingerprint density at radius 3 is 2.83 bits per heavy atom. The summed E-state index contributed by atoms with van der Waals surface area (Å²) in [6.45, 7) is 7.10. The van der Waals surface area contributed by atoms with Gasteiger partial charge in [0.1, 0.15) is 22.7 Å². The van der Waals surface area contributed by atoms with Crippen LogP contribution in [0.25, 0.3) is 0 Å². The number of hydrogen-bond acceptors (Lipinski definition) is 7. The van der Waals surface area contributed by atoms with E-state index >= 15 is 0 Å². The Labute approximate surface area is 218 Å². The van der Waals surface area contributed by atoms with Gasteiger partial charge in [0, 0.05) is 50.0 Å². The Balaban J connectivity index is 1.41. The molecule has 2 fully saturated rings. The van der Waals surface area contributed by atoms with E-state index in [4.69, 9.17) is 14.2 Å². The van der Waals surface area contributed by atoms with E-state index in [-0.39, 0.29) is 46.5 Å². The first-order chi connectivity index (χ1) is 17.3. The number of anilines is 1. The minimum Gasteiger partial charge on any atom is -0.472 e. The molecule has 0 aliphatic carbocycles. The van der Waals surface area contributed by atoms with Crippen molar-refractivity contribution in [1.29, 1.82) is 0 Å². The summed E-state index contributed by atoms with van der Waals surface area (Å²) in [5.41, 5.74) is -0.104. The number of nitrogens with one attached hydrogen (secondary N) is 1. The van der Waals surface area contributed by atoms with Gasteiger partial charge < -0.3 is 24.4 Å². The molecule has 36 heavy (non-hydrogen) atoms. The molecule has 0 radical (unpaired) electrons. The van der Waals surface area contributed by atoms with Crippen molar-refractivity contribution in [2.24, 2.45) is 0 Å². The molecule has 0 amide bonds. The van der Waals surface area contributed by atoms with E-state index in [1.54, 1.807) is 4.57 Å². The summed E-state index contributed by atoms with van der Waals surface area (Å²) in [7, 11) is 0. The summed E-state index contributed by atoms with van der Waals surface area (Å²) < 4.78 is 46.2. The van der Waals surface area contributed by atoms with Gasteiger partial charge in [-0.2, -0.15) is 4.98 Å². The van der Waals surface area contributed by atoms with Gasteiger partial charge in [-0.15, -0.1) is 0 Å². The minimum absolute atomic E-state index is 0.0768. The van der Waals surface area contributed by atoms with E-state index in [1.165, 1.54) is 6.07 Å². The van der Waals surface area contributed by atoms with Gasteiger partial charge in [-0.1, -0.05) is 0 Å². The molecule has 2 aliphatic rings. The van der Waals surface area contributed by atoms with Gasteiger partial charge in [-0.3, -0.25) is 9.36 Å². The molecule has 1 N–H and O–H groups in total. The molecule has 3 heterocycles. The highest BCUT2D eigenvalue weighted by atomic mass is 79.9. The predicted molar refractivity (Wildman–Crippen MR) is 135 cm³/mol. The molecule has 198 valence electrons. The number of benzene rings is 1. The fraction of sp³-hybridized carbons (Fsp3) is 0.600. The van der Waals surface area contributed by atoms with Crippen molar-refractivity contribution in [3.05, 3.63) is 50.2 Å². The fourth-order valence-corrected chi connectivity index (χ4v) is 4.85. The average Bonchev–Trinajstić information content (AvgIpc) is 3.33. The molecule has 0 saturated carbocycles. The van der Waals surface area contributed by atoms with Gasteiger partial charge >= 0.3 is 0 Å². The number of ether oxygens (including phenoxy) is 3. The van der Waals surface area contributed by atoms with Gasteiger partial charge in [-0.05, 0) is 67.6 Å². The Kier molecular flexibility index (Phi) is 9.32. The standard InChI is InChI=1S/C25H33BrF2N4O4/c1-16(2)32-24(33)22(26)23(36-15-17-6-7-18(27)13-20(17)28)30-25(32)31-10-8-19(14-31)29-9-12-35-21-5-3-4-11-34-21/h6-7,13,16,19,21,29H,3-5,8-12,14-15H2,1-2H3/t19-,21?/m1/s1. The van der Waals surface area contributed by atoms with E-state index in [0.29, 0.717) is 25.6 Å². The summed E-state index contributed by atoms with van der Waals surface area (Å²) in [6.07, 6.45) is 3.96. The number of rotatable bonds is 10. The molecule has 2 atom stereocenters. The highest BCUT2D eigenvalue weighted by Gasteiger charge is 2.28. The largest absolute Gasteiger partial charge is 0.472 e. The van der Waals surface area contributed by atoms with Crippen LogP contribution >= 0.6 is 15.9 Å². The van der Waals surface area contributed by atoms with E-state index < -0.39 is 11.6 Å². The molecular formula is C25H33BrF2N4O4. The van der Waals surface area contributed by atoms with Crippen LogP contribution in [0, 0.1) is 11.6 Å². The summed E-state index contributed by atoms with van der Waals surface area (Å²) in [5.74, 6) is -0.797. The van der Waals surface area contributed by atoms with Gasteiger partial charge in [0.25, 0.3) is 5.56 Å². The molecule has 2 aliphatic heterocycles. The van der Waals surface area contributed by atoms with Crippen LogP contribution in [0.5, 0.6) is 5.88 Å². The van der Waals surface area contributed by atoms with E-state index in [0.717, 1.165) is 51.0 Å². The maximum Gasteiger partial charge on any atom is 0.273 e. The quantitative estimate of drug-likeness (QED) is 0.430. The molecule has 11 heteroatoms. The first-order valence-electron chi connectivity index (χ1n) is 12.4. The Morgan fingerprint density at radius 1 is 1.28 bits per heavy atom. The molecule has 2 aromatic rings.